The summed E-state index contributed by atoms with van der Waals surface area (Å²) in [6.45, 7) is 16.5. The smallest absolute Gasteiger partial charge is 0.160 e. The monoisotopic (exact) mass is 800 g/mol. The van der Waals surface area contributed by atoms with E-state index in [9.17, 15) is 0 Å². The molecule has 9 aromatic rings. The lowest BCUT2D eigenvalue weighted by Gasteiger charge is -2.21. The SMILES string of the molecule is C=C/C=C(\C=C)c1cc(-c2ccccc2)nc(-c2cc(C(/C=C\C)=C/C)c(-n3c4ccccc4c4cc5c(cc43)c3ccccc3n5/C(C)=C/C=C\C)c(-c3ccccc3)c2)n1. The van der Waals surface area contributed by atoms with Crippen LogP contribution in [0.15, 0.2) is 207 Å². The van der Waals surface area contributed by atoms with Crippen LogP contribution >= 0.6 is 0 Å². The average Bonchev–Trinajstić information content (AvgIpc) is 3.82. The van der Waals surface area contributed by atoms with E-state index in [0.717, 1.165) is 72.8 Å². The van der Waals surface area contributed by atoms with Gasteiger partial charge in [-0.2, -0.15) is 0 Å². The van der Waals surface area contributed by atoms with Crippen LogP contribution in [0.1, 0.15) is 39.0 Å². The number of rotatable bonds is 11. The summed E-state index contributed by atoms with van der Waals surface area (Å²) in [5.74, 6) is 0.622. The molecule has 300 valence electrons. The molecule has 0 saturated heterocycles. The molecular weight excluding hydrogens is 753 g/mol. The first-order valence-corrected chi connectivity index (χ1v) is 21.2. The van der Waals surface area contributed by atoms with E-state index in [4.69, 9.17) is 9.97 Å². The molecule has 3 heterocycles. The molecule has 0 aliphatic rings. The van der Waals surface area contributed by atoms with Crippen LogP contribution in [-0.2, 0) is 0 Å². The van der Waals surface area contributed by atoms with E-state index in [2.05, 4.69) is 202 Å². The molecule has 0 fully saturated rings. The van der Waals surface area contributed by atoms with Crippen molar-refractivity contribution in [1.29, 1.82) is 0 Å². The minimum absolute atomic E-state index is 0.622. The molecule has 3 aromatic heterocycles. The van der Waals surface area contributed by atoms with Crippen LogP contribution < -0.4 is 0 Å². The first kappa shape index (κ1) is 39.6. The Kier molecular flexibility index (Phi) is 10.9. The van der Waals surface area contributed by atoms with Gasteiger partial charge in [-0.25, -0.2) is 9.97 Å². The van der Waals surface area contributed by atoms with Gasteiger partial charge in [-0.1, -0.05) is 159 Å². The van der Waals surface area contributed by atoms with E-state index >= 15 is 0 Å². The van der Waals surface area contributed by atoms with Crippen LogP contribution in [0.25, 0.3) is 99.9 Å². The number of para-hydroxylation sites is 2. The summed E-state index contributed by atoms with van der Waals surface area (Å²) in [5, 5.41) is 4.79. The van der Waals surface area contributed by atoms with Crippen molar-refractivity contribution in [2.75, 3.05) is 0 Å². The lowest BCUT2D eigenvalue weighted by atomic mass is 9.91. The number of fused-ring (bicyclic) bond motifs is 6. The second-order valence-electron chi connectivity index (χ2n) is 15.3. The van der Waals surface area contributed by atoms with Gasteiger partial charge >= 0.3 is 0 Å². The Morgan fingerprint density at radius 2 is 1.21 bits per heavy atom. The average molecular weight is 801 g/mol. The molecule has 0 aliphatic carbocycles. The Hall–Kier alpha value is -7.82. The van der Waals surface area contributed by atoms with Gasteiger partial charge in [-0.05, 0) is 92.9 Å². The summed E-state index contributed by atoms with van der Waals surface area (Å²) in [6.07, 6.45) is 18.4. The largest absolute Gasteiger partial charge is 0.313 e. The molecule has 62 heavy (non-hydrogen) atoms. The molecule has 0 unspecified atom stereocenters. The Balaban J connectivity index is 1.43. The number of allylic oxidation sites excluding steroid dienone is 12. The number of benzene rings is 6. The zero-order chi connectivity index (χ0) is 42.7. The summed E-state index contributed by atoms with van der Waals surface area (Å²) in [5.41, 5.74) is 15.6. The molecule has 0 saturated carbocycles. The van der Waals surface area contributed by atoms with Gasteiger partial charge in [0.1, 0.15) is 0 Å². The maximum absolute atomic E-state index is 5.29. The third-order valence-corrected chi connectivity index (χ3v) is 11.6. The first-order valence-electron chi connectivity index (χ1n) is 21.2. The second kappa shape index (κ2) is 17.0. The van der Waals surface area contributed by atoms with E-state index in [0.29, 0.717) is 5.82 Å². The molecule has 0 amide bonds. The molecule has 0 bridgehead atoms. The standard InChI is InChI=1S/C58H48N4/c1-7-12-25-39(6)61-53-32-21-19-30-45(53)49-37-56-50(36-55(49)61)46-31-20-22-33-54(46)62(56)57-47(40(10-4)23-8-2)34-44(35-48(57)42-26-15-13-16-27-42)58-59-51(41(11-5)24-9-3)38-52(60-58)43-28-17-14-18-29-43/h7-38H,3,5H2,1-2,4,6H3/b12-7-,23-8-,39-25+,40-10+,41-24+. The van der Waals surface area contributed by atoms with E-state index in [1.54, 1.807) is 6.08 Å². The van der Waals surface area contributed by atoms with Gasteiger partial charge < -0.3 is 9.13 Å². The fourth-order valence-corrected chi connectivity index (χ4v) is 8.81. The van der Waals surface area contributed by atoms with Gasteiger partial charge in [0.15, 0.2) is 5.82 Å². The third-order valence-electron chi connectivity index (χ3n) is 11.6. The van der Waals surface area contributed by atoms with Crippen LogP contribution in [0.5, 0.6) is 0 Å². The van der Waals surface area contributed by atoms with E-state index in [-0.39, 0.29) is 0 Å². The maximum atomic E-state index is 5.29. The molecule has 0 atom stereocenters. The number of nitrogens with zero attached hydrogens (tertiary/aromatic N) is 4. The Morgan fingerprint density at radius 3 is 1.89 bits per heavy atom. The van der Waals surface area contributed by atoms with Gasteiger partial charge in [-0.3, -0.25) is 0 Å². The topological polar surface area (TPSA) is 35.6 Å². The molecule has 0 radical (unpaired) electrons. The van der Waals surface area contributed by atoms with Crippen molar-refractivity contribution >= 4 is 60.5 Å². The lowest BCUT2D eigenvalue weighted by molar-refractivity contribution is 1.14. The van der Waals surface area contributed by atoms with Crippen LogP contribution in [0.2, 0.25) is 0 Å². The van der Waals surface area contributed by atoms with Crippen LogP contribution in [-0.4, -0.2) is 19.1 Å². The van der Waals surface area contributed by atoms with Gasteiger partial charge in [0, 0.05) is 49.5 Å². The molecule has 9 rings (SSSR count). The molecule has 6 aromatic carbocycles. The van der Waals surface area contributed by atoms with Crippen molar-refractivity contribution in [1.82, 2.24) is 19.1 Å². The van der Waals surface area contributed by atoms with Gasteiger partial charge in [-0.15, -0.1) is 0 Å². The summed E-state index contributed by atoms with van der Waals surface area (Å²) in [7, 11) is 0. The minimum Gasteiger partial charge on any atom is -0.313 e. The normalized spacial score (nSPS) is 12.8. The first-order chi connectivity index (χ1) is 30.5. The van der Waals surface area contributed by atoms with Gasteiger partial charge in [0.2, 0.25) is 0 Å². The summed E-state index contributed by atoms with van der Waals surface area (Å²) >= 11 is 0. The predicted molar refractivity (Wildman–Crippen MR) is 267 cm³/mol. The van der Waals surface area contributed by atoms with Crippen molar-refractivity contribution in [2.45, 2.75) is 27.7 Å². The van der Waals surface area contributed by atoms with Crippen LogP contribution in [0.3, 0.4) is 0 Å². The molecule has 0 N–H and O–H groups in total. The molecule has 4 nitrogen and oxygen atoms in total. The van der Waals surface area contributed by atoms with E-state index < -0.39 is 0 Å². The molecular formula is C58H48N4. The zero-order valence-corrected chi connectivity index (χ0v) is 35.7. The number of hydrogen-bond donors (Lipinski definition) is 0. The third kappa shape index (κ3) is 6.96. The highest BCUT2D eigenvalue weighted by Gasteiger charge is 2.24. The van der Waals surface area contributed by atoms with Crippen molar-refractivity contribution in [3.8, 4) is 39.5 Å². The summed E-state index contributed by atoms with van der Waals surface area (Å²) < 4.78 is 4.89. The number of hydrogen-bond acceptors (Lipinski definition) is 2. The van der Waals surface area contributed by atoms with E-state index in [1.807, 2.05) is 36.4 Å². The molecule has 0 aliphatic heterocycles. The quantitative estimate of drug-likeness (QED) is 0.122. The highest BCUT2D eigenvalue weighted by atomic mass is 15.0. The predicted octanol–water partition coefficient (Wildman–Crippen LogP) is 15.9. The van der Waals surface area contributed by atoms with Crippen molar-refractivity contribution < 1.29 is 0 Å². The van der Waals surface area contributed by atoms with Gasteiger partial charge in [0.05, 0.1) is 39.1 Å². The highest BCUT2D eigenvalue weighted by Crippen LogP contribution is 2.45. The number of aromatic nitrogens is 4. The molecule has 4 heteroatoms. The Labute approximate surface area is 363 Å². The Morgan fingerprint density at radius 1 is 0.565 bits per heavy atom. The van der Waals surface area contributed by atoms with E-state index in [1.165, 1.54) is 32.6 Å². The highest BCUT2D eigenvalue weighted by molar-refractivity contribution is 6.19. The summed E-state index contributed by atoms with van der Waals surface area (Å²) in [4.78, 5) is 10.6. The van der Waals surface area contributed by atoms with Crippen molar-refractivity contribution in [2.24, 2.45) is 0 Å². The van der Waals surface area contributed by atoms with Crippen LogP contribution in [0, 0.1) is 0 Å². The Bertz CT molecular complexity index is 3350. The van der Waals surface area contributed by atoms with Crippen molar-refractivity contribution in [3.63, 3.8) is 0 Å². The lowest BCUT2D eigenvalue weighted by Crippen LogP contribution is -2.05. The minimum atomic E-state index is 0.622. The maximum Gasteiger partial charge on any atom is 0.160 e. The van der Waals surface area contributed by atoms with Crippen LogP contribution in [0.4, 0.5) is 0 Å². The summed E-state index contributed by atoms with van der Waals surface area (Å²) in [6, 6.07) is 49.9. The molecule has 0 spiro atoms. The fourth-order valence-electron chi connectivity index (χ4n) is 8.81. The fraction of sp³-hybridized carbons (Fsp3) is 0.0690. The van der Waals surface area contributed by atoms with Crippen molar-refractivity contribution in [3.05, 3.63) is 219 Å². The van der Waals surface area contributed by atoms with Gasteiger partial charge in [0.25, 0.3) is 0 Å². The second-order valence-corrected chi connectivity index (χ2v) is 15.3. The zero-order valence-electron chi connectivity index (χ0n) is 35.7.